The average Bonchev–Trinajstić information content (AvgIpc) is 2.62. The third kappa shape index (κ3) is 1.79. The standard InChI is InChI=1S/C10H7N3O2/c11-6-12-10(14)5-8-7-3-1-2-4-9(7)15-13-8/h1-4H,5H2,(H,12,14). The van der Waals surface area contributed by atoms with Crippen molar-refractivity contribution in [2.45, 2.75) is 6.42 Å². The fourth-order valence-electron chi connectivity index (χ4n) is 1.32. The molecule has 0 unspecified atom stereocenters. The van der Waals surface area contributed by atoms with Crippen LogP contribution < -0.4 is 5.32 Å². The highest BCUT2D eigenvalue weighted by atomic mass is 16.5. The molecule has 0 bridgehead atoms. The number of amides is 1. The van der Waals surface area contributed by atoms with Gasteiger partial charge in [-0.3, -0.25) is 10.1 Å². The van der Waals surface area contributed by atoms with Crippen LogP contribution in [0, 0.1) is 11.5 Å². The molecule has 74 valence electrons. The quantitative estimate of drug-likeness (QED) is 0.580. The summed E-state index contributed by atoms with van der Waals surface area (Å²) in [5.41, 5.74) is 1.18. The minimum Gasteiger partial charge on any atom is -0.356 e. The zero-order valence-corrected chi connectivity index (χ0v) is 7.73. The van der Waals surface area contributed by atoms with Crippen molar-refractivity contribution in [3.63, 3.8) is 0 Å². The second-order valence-electron chi connectivity index (χ2n) is 2.96. The highest BCUT2D eigenvalue weighted by Gasteiger charge is 2.11. The second-order valence-corrected chi connectivity index (χ2v) is 2.96. The van der Waals surface area contributed by atoms with Crippen LogP contribution in [0.25, 0.3) is 11.0 Å². The summed E-state index contributed by atoms with van der Waals surface area (Å²) in [7, 11) is 0. The van der Waals surface area contributed by atoms with Crippen molar-refractivity contribution in [1.82, 2.24) is 10.5 Å². The third-order valence-electron chi connectivity index (χ3n) is 1.98. The molecule has 0 radical (unpaired) electrons. The lowest BCUT2D eigenvalue weighted by Crippen LogP contribution is -2.19. The molecule has 15 heavy (non-hydrogen) atoms. The van der Waals surface area contributed by atoms with E-state index in [0.717, 1.165) is 5.39 Å². The van der Waals surface area contributed by atoms with E-state index in [1.54, 1.807) is 12.3 Å². The van der Waals surface area contributed by atoms with Crippen molar-refractivity contribution >= 4 is 16.9 Å². The lowest BCUT2D eigenvalue weighted by atomic mass is 10.2. The number of aromatic nitrogens is 1. The number of para-hydroxylation sites is 1. The number of hydrogen-bond acceptors (Lipinski definition) is 4. The molecule has 0 spiro atoms. The van der Waals surface area contributed by atoms with E-state index in [-0.39, 0.29) is 6.42 Å². The number of nitriles is 1. The molecular formula is C10H7N3O2. The topological polar surface area (TPSA) is 78.9 Å². The maximum absolute atomic E-state index is 11.1. The molecule has 1 aromatic heterocycles. The van der Waals surface area contributed by atoms with Crippen LogP contribution in [0.5, 0.6) is 0 Å². The van der Waals surface area contributed by atoms with Gasteiger partial charge in [-0.1, -0.05) is 17.3 Å². The molecule has 5 nitrogen and oxygen atoms in total. The van der Waals surface area contributed by atoms with Crippen LogP contribution in [0.3, 0.4) is 0 Å². The number of hydrogen-bond donors (Lipinski definition) is 1. The van der Waals surface area contributed by atoms with Crippen LogP contribution in [0.1, 0.15) is 5.69 Å². The first-order valence-corrected chi connectivity index (χ1v) is 4.32. The third-order valence-corrected chi connectivity index (χ3v) is 1.98. The Morgan fingerprint density at radius 2 is 2.33 bits per heavy atom. The van der Waals surface area contributed by atoms with Gasteiger partial charge >= 0.3 is 0 Å². The van der Waals surface area contributed by atoms with Crippen molar-refractivity contribution in [1.29, 1.82) is 5.26 Å². The van der Waals surface area contributed by atoms with E-state index in [2.05, 4.69) is 5.16 Å². The van der Waals surface area contributed by atoms with Crippen molar-refractivity contribution in [2.24, 2.45) is 0 Å². The Labute approximate surface area is 85.3 Å². The van der Waals surface area contributed by atoms with Crippen LogP contribution in [0.4, 0.5) is 0 Å². The molecule has 1 heterocycles. The van der Waals surface area contributed by atoms with Gasteiger partial charge in [0.1, 0.15) is 5.69 Å². The zero-order chi connectivity index (χ0) is 10.7. The van der Waals surface area contributed by atoms with E-state index >= 15 is 0 Å². The van der Waals surface area contributed by atoms with Gasteiger partial charge in [-0.05, 0) is 12.1 Å². The van der Waals surface area contributed by atoms with E-state index < -0.39 is 5.91 Å². The predicted molar refractivity (Wildman–Crippen MR) is 51.5 cm³/mol. The van der Waals surface area contributed by atoms with E-state index in [1.807, 2.05) is 23.5 Å². The Morgan fingerprint density at radius 1 is 1.53 bits per heavy atom. The van der Waals surface area contributed by atoms with Crippen LogP contribution in [-0.4, -0.2) is 11.1 Å². The van der Waals surface area contributed by atoms with Crippen molar-refractivity contribution in [3.8, 4) is 6.19 Å². The van der Waals surface area contributed by atoms with Crippen LogP contribution in [0.15, 0.2) is 28.8 Å². The average molecular weight is 201 g/mol. The number of nitrogens with zero attached hydrogens (tertiary/aromatic N) is 2. The van der Waals surface area contributed by atoms with Gasteiger partial charge in [0.15, 0.2) is 11.8 Å². The number of carbonyl (C=O) groups is 1. The maximum atomic E-state index is 11.1. The Morgan fingerprint density at radius 3 is 3.13 bits per heavy atom. The number of rotatable bonds is 2. The van der Waals surface area contributed by atoms with Gasteiger partial charge < -0.3 is 4.52 Å². The molecule has 0 aliphatic heterocycles. The van der Waals surface area contributed by atoms with Gasteiger partial charge in [-0.15, -0.1) is 0 Å². The molecule has 1 N–H and O–H groups in total. The van der Waals surface area contributed by atoms with Gasteiger partial charge in [0.25, 0.3) is 0 Å². The molecule has 0 saturated carbocycles. The van der Waals surface area contributed by atoms with Gasteiger partial charge in [-0.25, -0.2) is 0 Å². The monoisotopic (exact) mass is 201 g/mol. The van der Waals surface area contributed by atoms with Gasteiger partial charge in [0, 0.05) is 5.39 Å². The molecule has 2 aromatic rings. The smallest absolute Gasteiger partial charge is 0.239 e. The summed E-state index contributed by atoms with van der Waals surface area (Å²) in [6, 6.07) is 7.26. The normalized spacial score (nSPS) is 9.80. The van der Waals surface area contributed by atoms with Crippen molar-refractivity contribution < 1.29 is 9.32 Å². The largest absolute Gasteiger partial charge is 0.356 e. The minimum absolute atomic E-state index is 0.0462. The van der Waals surface area contributed by atoms with Gasteiger partial charge in [0.2, 0.25) is 5.91 Å². The Hall–Kier alpha value is -2.35. The summed E-state index contributed by atoms with van der Waals surface area (Å²) < 4.78 is 5.02. The summed E-state index contributed by atoms with van der Waals surface area (Å²) in [4.78, 5) is 11.1. The Kier molecular flexibility index (Phi) is 2.33. The first kappa shape index (κ1) is 9.21. The van der Waals surface area contributed by atoms with E-state index in [9.17, 15) is 4.79 Å². The number of nitrogens with one attached hydrogen (secondary N) is 1. The SMILES string of the molecule is N#CNC(=O)Cc1noc2ccccc12. The van der Waals surface area contributed by atoms with Crippen molar-refractivity contribution in [2.75, 3.05) is 0 Å². The number of carbonyl (C=O) groups excluding carboxylic acids is 1. The predicted octanol–water partition coefficient (Wildman–Crippen LogP) is 0.968. The van der Waals surface area contributed by atoms with Gasteiger partial charge in [-0.2, -0.15) is 5.26 Å². The van der Waals surface area contributed by atoms with Crippen LogP contribution in [0.2, 0.25) is 0 Å². The maximum Gasteiger partial charge on any atom is 0.239 e. The highest BCUT2D eigenvalue weighted by molar-refractivity contribution is 5.86. The fraction of sp³-hybridized carbons (Fsp3) is 0.100. The molecule has 0 aliphatic rings. The molecular weight excluding hydrogens is 194 g/mol. The zero-order valence-electron chi connectivity index (χ0n) is 7.73. The summed E-state index contributed by atoms with van der Waals surface area (Å²) >= 11 is 0. The van der Waals surface area contributed by atoms with E-state index in [0.29, 0.717) is 11.3 Å². The summed E-state index contributed by atoms with van der Waals surface area (Å²) in [5.74, 6) is -0.392. The first-order valence-electron chi connectivity index (χ1n) is 4.32. The minimum atomic E-state index is -0.392. The summed E-state index contributed by atoms with van der Waals surface area (Å²) in [6.45, 7) is 0. The summed E-state index contributed by atoms with van der Waals surface area (Å²) in [5, 5.41) is 14.9. The van der Waals surface area contributed by atoms with Crippen LogP contribution in [-0.2, 0) is 11.2 Å². The second kappa shape index (κ2) is 3.80. The molecule has 1 amide bonds. The van der Waals surface area contributed by atoms with Crippen LogP contribution >= 0.6 is 0 Å². The molecule has 1 aromatic carbocycles. The lowest BCUT2D eigenvalue weighted by molar-refractivity contribution is -0.119. The molecule has 0 fully saturated rings. The summed E-state index contributed by atoms with van der Waals surface area (Å²) in [6.07, 6.45) is 1.62. The lowest BCUT2D eigenvalue weighted by Gasteiger charge is -1.92. The highest BCUT2D eigenvalue weighted by Crippen LogP contribution is 2.17. The molecule has 5 heteroatoms. The first-order chi connectivity index (χ1) is 7.31. The van der Waals surface area contributed by atoms with E-state index in [4.69, 9.17) is 9.78 Å². The molecule has 2 rings (SSSR count). The number of fused-ring (bicyclic) bond motifs is 1. The molecule has 0 saturated heterocycles. The fourth-order valence-corrected chi connectivity index (χ4v) is 1.32. The van der Waals surface area contributed by atoms with E-state index in [1.165, 1.54) is 0 Å². The Bertz CT molecular complexity index is 539. The van der Waals surface area contributed by atoms with Crippen molar-refractivity contribution in [3.05, 3.63) is 30.0 Å². The molecule has 0 atom stereocenters. The number of benzene rings is 1. The molecule has 0 aliphatic carbocycles. The van der Waals surface area contributed by atoms with Gasteiger partial charge in [0.05, 0.1) is 6.42 Å². The Balaban J connectivity index is 2.29.